The zero-order valence-electron chi connectivity index (χ0n) is 15.9. The van der Waals surface area contributed by atoms with Crippen LogP contribution in [0.5, 0.6) is 0 Å². The molecule has 2 aromatic heterocycles. The van der Waals surface area contributed by atoms with E-state index in [2.05, 4.69) is 16.8 Å². The highest BCUT2D eigenvalue weighted by Crippen LogP contribution is 2.23. The van der Waals surface area contributed by atoms with Gasteiger partial charge in [0.2, 0.25) is 5.43 Å². The second-order valence-electron chi connectivity index (χ2n) is 6.67. The number of fused-ring (bicyclic) bond motifs is 1. The average Bonchev–Trinajstić information content (AvgIpc) is 2.63. The van der Waals surface area contributed by atoms with Crippen molar-refractivity contribution in [2.75, 3.05) is 44.7 Å². The number of hydrogen-bond acceptors (Lipinski definition) is 6. The molecule has 1 aliphatic heterocycles. The molecule has 0 aliphatic carbocycles. The summed E-state index contributed by atoms with van der Waals surface area (Å²) in [6, 6.07) is 1.85. The third kappa shape index (κ3) is 3.31. The Bertz CT molecular complexity index is 882. The number of carbonyl (C=O) groups excluding carboxylic acids is 1. The Morgan fingerprint density at radius 3 is 2.54 bits per heavy atom. The lowest BCUT2D eigenvalue weighted by Crippen LogP contribution is -2.45. The van der Waals surface area contributed by atoms with Crippen molar-refractivity contribution in [1.29, 1.82) is 0 Å². The highest BCUT2D eigenvalue weighted by molar-refractivity contribution is 5.93. The molecule has 0 unspecified atom stereocenters. The minimum Gasteiger partial charge on any atom is -0.462 e. The summed E-state index contributed by atoms with van der Waals surface area (Å²) in [5.74, 6) is 0.332. The second kappa shape index (κ2) is 7.45. The maximum Gasteiger partial charge on any atom is 0.343 e. The van der Waals surface area contributed by atoms with E-state index in [0.29, 0.717) is 17.6 Å². The predicted octanol–water partition coefficient (Wildman–Crippen LogP) is 1.65. The van der Waals surface area contributed by atoms with E-state index >= 15 is 0 Å². The van der Waals surface area contributed by atoms with Crippen LogP contribution in [0.3, 0.4) is 0 Å². The molecule has 0 saturated carbocycles. The first-order valence-electron chi connectivity index (χ1n) is 9.11. The summed E-state index contributed by atoms with van der Waals surface area (Å²) in [6.45, 7) is 10.3. The quantitative estimate of drug-likeness (QED) is 0.775. The molecule has 0 N–H and O–H groups in total. The molecule has 0 amide bonds. The Hall–Kier alpha value is -2.41. The van der Waals surface area contributed by atoms with Gasteiger partial charge in [0.05, 0.1) is 12.0 Å². The number of ether oxygens (including phenoxy) is 1. The molecule has 0 bridgehead atoms. The standard InChI is InChI=1S/C19H26N4O3/c1-5-22-12-15(19(25)26-6-2)16(24)14-11-13(3)17(20-18(14)22)23-9-7-21(4)8-10-23/h11-12H,5-10H2,1-4H3. The minimum absolute atomic E-state index is 0.0646. The van der Waals surface area contributed by atoms with Crippen LogP contribution in [-0.2, 0) is 11.3 Å². The lowest BCUT2D eigenvalue weighted by atomic mass is 10.1. The van der Waals surface area contributed by atoms with Gasteiger partial charge in [0.25, 0.3) is 0 Å². The maximum absolute atomic E-state index is 12.8. The van der Waals surface area contributed by atoms with Crippen LogP contribution in [0.25, 0.3) is 11.0 Å². The molecular formula is C19H26N4O3. The molecule has 7 heteroatoms. The zero-order valence-corrected chi connectivity index (χ0v) is 15.9. The second-order valence-corrected chi connectivity index (χ2v) is 6.67. The number of hydrogen-bond donors (Lipinski definition) is 0. The predicted molar refractivity (Wildman–Crippen MR) is 102 cm³/mol. The fraction of sp³-hybridized carbons (Fsp3) is 0.526. The fourth-order valence-corrected chi connectivity index (χ4v) is 3.33. The summed E-state index contributed by atoms with van der Waals surface area (Å²) < 4.78 is 6.88. The van der Waals surface area contributed by atoms with Gasteiger partial charge in [-0.05, 0) is 39.4 Å². The monoisotopic (exact) mass is 358 g/mol. The van der Waals surface area contributed by atoms with E-state index in [0.717, 1.165) is 37.6 Å². The fourth-order valence-electron chi connectivity index (χ4n) is 3.33. The van der Waals surface area contributed by atoms with Crippen molar-refractivity contribution >= 4 is 22.8 Å². The van der Waals surface area contributed by atoms with Crippen LogP contribution in [0, 0.1) is 6.92 Å². The van der Waals surface area contributed by atoms with E-state index < -0.39 is 5.97 Å². The van der Waals surface area contributed by atoms with Crippen molar-refractivity contribution in [3.8, 4) is 0 Å². The van der Waals surface area contributed by atoms with Gasteiger partial charge in [0.15, 0.2) is 0 Å². The van der Waals surface area contributed by atoms with Gasteiger partial charge >= 0.3 is 5.97 Å². The number of aromatic nitrogens is 2. The molecule has 26 heavy (non-hydrogen) atoms. The minimum atomic E-state index is -0.581. The molecule has 3 heterocycles. The van der Waals surface area contributed by atoms with Crippen LogP contribution in [0.4, 0.5) is 5.82 Å². The van der Waals surface area contributed by atoms with Crippen LogP contribution in [0.1, 0.15) is 29.8 Å². The molecular weight excluding hydrogens is 332 g/mol. The summed E-state index contributed by atoms with van der Waals surface area (Å²) >= 11 is 0. The number of piperazine rings is 1. The molecule has 0 radical (unpaired) electrons. The van der Waals surface area contributed by atoms with Crippen molar-refractivity contribution in [3.63, 3.8) is 0 Å². The first-order chi connectivity index (χ1) is 12.5. The highest BCUT2D eigenvalue weighted by atomic mass is 16.5. The largest absolute Gasteiger partial charge is 0.462 e. The lowest BCUT2D eigenvalue weighted by molar-refractivity contribution is 0.0524. The topological polar surface area (TPSA) is 67.7 Å². The summed E-state index contributed by atoms with van der Waals surface area (Å²) in [5.41, 5.74) is 1.31. The Morgan fingerprint density at radius 1 is 1.23 bits per heavy atom. The van der Waals surface area contributed by atoms with E-state index in [4.69, 9.17) is 9.72 Å². The van der Waals surface area contributed by atoms with Crippen molar-refractivity contribution < 1.29 is 9.53 Å². The molecule has 3 rings (SSSR count). The van der Waals surface area contributed by atoms with Gasteiger partial charge in [0.1, 0.15) is 17.0 Å². The zero-order chi connectivity index (χ0) is 18.8. The van der Waals surface area contributed by atoms with E-state index in [1.165, 1.54) is 0 Å². The van der Waals surface area contributed by atoms with Gasteiger partial charge in [-0.2, -0.15) is 0 Å². The van der Waals surface area contributed by atoms with Crippen molar-refractivity contribution in [2.45, 2.75) is 27.3 Å². The number of anilines is 1. The summed E-state index contributed by atoms with van der Waals surface area (Å²) in [4.78, 5) is 34.3. The number of pyridine rings is 2. The molecule has 1 fully saturated rings. The number of rotatable bonds is 4. The smallest absolute Gasteiger partial charge is 0.343 e. The van der Waals surface area contributed by atoms with Gasteiger partial charge in [0, 0.05) is 38.9 Å². The van der Waals surface area contributed by atoms with Crippen molar-refractivity contribution in [3.05, 3.63) is 33.6 Å². The summed E-state index contributed by atoms with van der Waals surface area (Å²) in [5, 5.41) is 0.466. The summed E-state index contributed by atoms with van der Waals surface area (Å²) in [7, 11) is 2.11. The van der Waals surface area contributed by atoms with Gasteiger partial charge in [-0.1, -0.05) is 0 Å². The van der Waals surface area contributed by atoms with E-state index in [1.807, 2.05) is 24.5 Å². The summed E-state index contributed by atoms with van der Waals surface area (Å²) in [6.07, 6.45) is 1.57. The Kier molecular flexibility index (Phi) is 5.27. The Balaban J connectivity index is 2.13. The van der Waals surface area contributed by atoms with Gasteiger partial charge < -0.3 is 19.1 Å². The molecule has 0 atom stereocenters. The number of likely N-dealkylation sites (N-methyl/N-ethyl adjacent to an activating group) is 1. The van der Waals surface area contributed by atoms with E-state index in [-0.39, 0.29) is 17.6 Å². The third-order valence-electron chi connectivity index (χ3n) is 4.85. The van der Waals surface area contributed by atoms with E-state index in [1.54, 1.807) is 13.1 Å². The van der Waals surface area contributed by atoms with Gasteiger partial charge in [-0.25, -0.2) is 9.78 Å². The van der Waals surface area contributed by atoms with Crippen molar-refractivity contribution in [2.24, 2.45) is 0 Å². The van der Waals surface area contributed by atoms with Crippen LogP contribution in [-0.4, -0.2) is 60.3 Å². The molecule has 1 aliphatic rings. The third-order valence-corrected chi connectivity index (χ3v) is 4.85. The molecule has 0 spiro atoms. The molecule has 1 saturated heterocycles. The van der Waals surface area contributed by atoms with Crippen molar-refractivity contribution in [1.82, 2.24) is 14.5 Å². The molecule has 2 aromatic rings. The number of aryl methyl sites for hydroxylation is 2. The Labute approximate surface area is 153 Å². The van der Waals surface area contributed by atoms with Gasteiger partial charge in [-0.3, -0.25) is 4.79 Å². The molecule has 0 aromatic carbocycles. The van der Waals surface area contributed by atoms with E-state index in [9.17, 15) is 9.59 Å². The van der Waals surface area contributed by atoms with Crippen LogP contribution >= 0.6 is 0 Å². The normalized spacial score (nSPS) is 15.5. The molecule has 140 valence electrons. The van der Waals surface area contributed by atoms with Gasteiger partial charge in [-0.15, -0.1) is 0 Å². The highest BCUT2D eigenvalue weighted by Gasteiger charge is 2.21. The molecule has 7 nitrogen and oxygen atoms in total. The van der Waals surface area contributed by atoms with Crippen LogP contribution in [0.2, 0.25) is 0 Å². The Morgan fingerprint density at radius 2 is 1.92 bits per heavy atom. The average molecular weight is 358 g/mol. The van der Waals surface area contributed by atoms with Crippen LogP contribution < -0.4 is 10.3 Å². The maximum atomic E-state index is 12.8. The number of carbonyl (C=O) groups is 1. The number of nitrogens with zero attached hydrogens (tertiary/aromatic N) is 4. The first kappa shape index (κ1) is 18.4. The first-order valence-corrected chi connectivity index (χ1v) is 9.11. The number of esters is 1. The van der Waals surface area contributed by atoms with Crippen LogP contribution in [0.15, 0.2) is 17.1 Å². The lowest BCUT2D eigenvalue weighted by Gasteiger charge is -2.34. The SMILES string of the molecule is CCOC(=O)c1cn(CC)c2nc(N3CCN(C)CC3)c(C)cc2c1=O.